The average Bonchev–Trinajstić information content (AvgIpc) is 3.16. The van der Waals surface area contributed by atoms with Gasteiger partial charge < -0.3 is 4.74 Å². The molecular formula is C31H47NO4. The molecule has 0 heterocycles. The minimum absolute atomic E-state index is 0.00401. The molecule has 0 aromatic heterocycles. The van der Waals surface area contributed by atoms with E-state index in [-0.39, 0.29) is 56.9 Å². The van der Waals surface area contributed by atoms with Crippen LogP contribution in [0.4, 0.5) is 0 Å². The Morgan fingerprint density at radius 2 is 1.53 bits per heavy atom. The van der Waals surface area contributed by atoms with Crippen molar-refractivity contribution in [3.63, 3.8) is 0 Å². The summed E-state index contributed by atoms with van der Waals surface area (Å²) in [6.45, 7) is 15.6. The maximum absolute atomic E-state index is 12.8. The molecule has 5 rings (SSSR count). The zero-order valence-electron chi connectivity index (χ0n) is 23.6. The number of esters is 1. The lowest BCUT2D eigenvalue weighted by atomic mass is 9.32. The topological polar surface area (TPSA) is 72.8 Å². The molecule has 0 amide bonds. The summed E-state index contributed by atoms with van der Waals surface area (Å²) in [7, 11) is 0. The lowest BCUT2D eigenvalue weighted by Crippen LogP contribution is -2.67. The third kappa shape index (κ3) is 3.26. The van der Waals surface area contributed by atoms with Crippen molar-refractivity contribution in [1.29, 1.82) is 0 Å². The Labute approximate surface area is 217 Å². The lowest BCUT2D eigenvalue weighted by molar-refractivity contribution is -0.245. The van der Waals surface area contributed by atoms with Crippen molar-refractivity contribution in [3.05, 3.63) is 0 Å². The summed E-state index contributed by atoms with van der Waals surface area (Å²) in [5, 5.41) is 0. The standard InChI is InChI=1S/C31H47NO4/c1-19(34)21-10-15-31(32-18-33)17-16-29(6)22(26(21)31)8-9-24-28(5)13-12-25(36-20(2)35)27(3,4)23(28)11-14-30(24,29)7/h21-26H,8-17H2,1-7H3/t21-,22+,23-,24+,25-,26+,28-,29+,30+,31-/m0/s1. The molecule has 36 heavy (non-hydrogen) atoms. The number of fused-ring (bicyclic) bond motifs is 7. The first kappa shape index (κ1) is 26.1. The number of carbonyl (C=O) groups excluding carboxylic acids is 3. The number of hydrogen-bond donors (Lipinski definition) is 0. The Balaban J connectivity index is 1.52. The summed E-state index contributed by atoms with van der Waals surface area (Å²) in [6, 6.07) is 0. The summed E-state index contributed by atoms with van der Waals surface area (Å²) in [6.07, 6.45) is 12.3. The lowest BCUT2D eigenvalue weighted by Gasteiger charge is -2.72. The second-order valence-electron chi connectivity index (χ2n) is 14.7. The van der Waals surface area contributed by atoms with Crippen molar-refractivity contribution >= 4 is 17.8 Å². The number of isocyanates is 1. The molecule has 0 N–H and O–H groups in total. The van der Waals surface area contributed by atoms with E-state index in [4.69, 9.17) is 4.74 Å². The molecule has 0 saturated heterocycles. The van der Waals surface area contributed by atoms with Crippen LogP contribution in [0.3, 0.4) is 0 Å². The number of carbonyl (C=O) groups is 2. The predicted molar refractivity (Wildman–Crippen MR) is 139 cm³/mol. The first-order chi connectivity index (χ1) is 16.8. The monoisotopic (exact) mass is 497 g/mol. The highest BCUT2D eigenvalue weighted by Crippen LogP contribution is 2.76. The van der Waals surface area contributed by atoms with Crippen LogP contribution in [0.5, 0.6) is 0 Å². The van der Waals surface area contributed by atoms with Crippen molar-refractivity contribution < 1.29 is 19.1 Å². The van der Waals surface area contributed by atoms with E-state index in [2.05, 4.69) is 39.6 Å². The van der Waals surface area contributed by atoms with Crippen LogP contribution in [0.25, 0.3) is 0 Å². The van der Waals surface area contributed by atoms with Crippen LogP contribution in [-0.4, -0.2) is 29.5 Å². The van der Waals surface area contributed by atoms with Crippen LogP contribution >= 0.6 is 0 Å². The molecule has 0 aromatic rings. The Morgan fingerprint density at radius 3 is 2.17 bits per heavy atom. The number of ketones is 1. The second kappa shape index (κ2) is 8.26. The minimum Gasteiger partial charge on any atom is -0.462 e. The van der Waals surface area contributed by atoms with Crippen LogP contribution in [0.1, 0.15) is 113 Å². The molecule has 0 bridgehead atoms. The Kier molecular flexibility index (Phi) is 6.00. The van der Waals surface area contributed by atoms with Gasteiger partial charge in [-0.2, -0.15) is 4.99 Å². The van der Waals surface area contributed by atoms with Gasteiger partial charge in [-0.15, -0.1) is 0 Å². The fourth-order valence-corrected chi connectivity index (χ4v) is 11.7. The number of rotatable bonds is 3. The predicted octanol–water partition coefficient (Wildman–Crippen LogP) is 6.68. The molecule has 5 heteroatoms. The summed E-state index contributed by atoms with van der Waals surface area (Å²) in [5.41, 5.74) is 0.115. The van der Waals surface area contributed by atoms with Crippen molar-refractivity contribution in [2.45, 2.75) is 124 Å². The molecule has 0 radical (unpaired) electrons. The van der Waals surface area contributed by atoms with Gasteiger partial charge in [0, 0.05) is 18.3 Å². The van der Waals surface area contributed by atoms with Crippen LogP contribution < -0.4 is 0 Å². The Hall–Kier alpha value is -1.48. The molecule has 10 atom stereocenters. The minimum atomic E-state index is -0.378. The molecule has 0 aromatic carbocycles. The maximum Gasteiger partial charge on any atom is 0.302 e. The van der Waals surface area contributed by atoms with E-state index in [1.54, 1.807) is 13.8 Å². The van der Waals surface area contributed by atoms with Gasteiger partial charge in [-0.25, -0.2) is 4.79 Å². The number of Topliss-reactive ketones (excluding diaryl/α,β-unsaturated/α-hetero) is 1. The molecule has 5 aliphatic rings. The van der Waals surface area contributed by atoms with E-state index in [0.717, 1.165) is 51.4 Å². The van der Waals surface area contributed by atoms with Crippen LogP contribution in [-0.2, 0) is 19.1 Å². The Morgan fingerprint density at radius 1 is 0.806 bits per heavy atom. The zero-order valence-corrected chi connectivity index (χ0v) is 23.6. The van der Waals surface area contributed by atoms with Crippen LogP contribution in [0.15, 0.2) is 4.99 Å². The van der Waals surface area contributed by atoms with Gasteiger partial charge >= 0.3 is 5.97 Å². The summed E-state index contributed by atoms with van der Waals surface area (Å²) in [4.78, 5) is 40.8. The van der Waals surface area contributed by atoms with Gasteiger partial charge in [-0.3, -0.25) is 9.59 Å². The molecule has 5 aliphatic carbocycles. The van der Waals surface area contributed by atoms with Crippen molar-refractivity contribution in [2.24, 2.45) is 56.2 Å². The SMILES string of the molecule is CC(=O)O[C@H]1CC[C@]2(C)[C@H]3CC[C@@H]4[C@H]5[C@H](C(C)=O)CC[C@]5(N=C=O)CC[C@@]4(C)[C@]3(C)CC[C@H]2C1(C)C. The van der Waals surface area contributed by atoms with Gasteiger partial charge in [0.2, 0.25) is 6.08 Å². The highest BCUT2D eigenvalue weighted by molar-refractivity contribution is 5.79. The normalized spacial score (nSPS) is 51.0. The Bertz CT molecular complexity index is 999. The molecule has 200 valence electrons. The zero-order chi connectivity index (χ0) is 26.3. The van der Waals surface area contributed by atoms with E-state index < -0.39 is 0 Å². The molecule has 0 spiro atoms. The van der Waals surface area contributed by atoms with Gasteiger partial charge in [0.15, 0.2) is 0 Å². The van der Waals surface area contributed by atoms with Crippen molar-refractivity contribution in [1.82, 2.24) is 0 Å². The summed E-state index contributed by atoms with van der Waals surface area (Å²) in [5.74, 6) is 1.88. The van der Waals surface area contributed by atoms with Gasteiger partial charge in [-0.1, -0.05) is 34.6 Å². The second-order valence-corrected chi connectivity index (χ2v) is 14.7. The van der Waals surface area contributed by atoms with Gasteiger partial charge in [0.05, 0.1) is 5.54 Å². The fraction of sp³-hybridized carbons (Fsp3) is 0.903. The van der Waals surface area contributed by atoms with Crippen molar-refractivity contribution in [3.8, 4) is 0 Å². The van der Waals surface area contributed by atoms with Gasteiger partial charge in [0.1, 0.15) is 11.9 Å². The van der Waals surface area contributed by atoms with E-state index >= 15 is 0 Å². The van der Waals surface area contributed by atoms with Crippen LogP contribution in [0, 0.1) is 51.2 Å². The first-order valence-electron chi connectivity index (χ1n) is 14.5. The third-order valence-electron chi connectivity index (χ3n) is 13.4. The number of ether oxygens (including phenoxy) is 1. The maximum atomic E-state index is 12.8. The third-order valence-corrected chi connectivity index (χ3v) is 13.4. The van der Waals surface area contributed by atoms with Gasteiger partial charge in [-0.05, 0) is 111 Å². The number of hydrogen-bond acceptors (Lipinski definition) is 5. The summed E-state index contributed by atoms with van der Waals surface area (Å²) < 4.78 is 5.87. The van der Waals surface area contributed by atoms with Crippen molar-refractivity contribution in [2.75, 3.05) is 0 Å². The fourth-order valence-electron chi connectivity index (χ4n) is 11.7. The first-order valence-corrected chi connectivity index (χ1v) is 14.5. The highest BCUT2D eigenvalue weighted by Gasteiger charge is 2.71. The van der Waals surface area contributed by atoms with Gasteiger partial charge in [0.25, 0.3) is 0 Å². The van der Waals surface area contributed by atoms with E-state index in [1.165, 1.54) is 12.8 Å². The molecule has 0 unspecified atom stereocenters. The molecule has 0 aliphatic heterocycles. The van der Waals surface area contributed by atoms with E-state index in [9.17, 15) is 14.4 Å². The highest BCUT2D eigenvalue weighted by atomic mass is 16.5. The smallest absolute Gasteiger partial charge is 0.302 e. The number of aliphatic imine (C=N–C) groups is 1. The van der Waals surface area contributed by atoms with Crippen LogP contribution in [0.2, 0.25) is 0 Å². The summed E-state index contributed by atoms with van der Waals surface area (Å²) >= 11 is 0. The molecular weight excluding hydrogens is 450 g/mol. The molecule has 5 saturated carbocycles. The van der Waals surface area contributed by atoms with E-state index in [0.29, 0.717) is 17.8 Å². The molecule has 5 nitrogen and oxygen atoms in total. The molecule has 5 fully saturated rings. The number of nitrogens with zero attached hydrogens (tertiary/aromatic N) is 1. The average molecular weight is 498 g/mol. The largest absolute Gasteiger partial charge is 0.462 e. The quantitative estimate of drug-likeness (QED) is 0.248. The van der Waals surface area contributed by atoms with E-state index in [1.807, 2.05) is 6.08 Å².